The molecule has 0 atom stereocenters. The third kappa shape index (κ3) is 5.00. The second kappa shape index (κ2) is 9.17. The Morgan fingerprint density at radius 3 is 2.43 bits per heavy atom. The molecule has 0 spiro atoms. The maximum Gasteiger partial charge on any atom is 0.329 e. The fraction of sp³-hybridized carbons (Fsp3) is 0.217. The number of nitrogens with zero attached hydrogens (tertiary/aromatic N) is 3. The van der Waals surface area contributed by atoms with Crippen LogP contribution in [-0.2, 0) is 9.59 Å². The monoisotopic (exact) mass is 403 g/mol. The Balaban J connectivity index is 1.92. The van der Waals surface area contributed by atoms with E-state index in [4.69, 9.17) is 5.10 Å². The van der Waals surface area contributed by atoms with Gasteiger partial charge in [-0.1, -0.05) is 30.3 Å². The number of hydrazone groups is 1. The predicted octanol–water partition coefficient (Wildman–Crippen LogP) is 3.13. The molecule has 7 nitrogen and oxygen atoms in total. The van der Waals surface area contributed by atoms with Crippen molar-refractivity contribution < 1.29 is 9.59 Å². The number of rotatable bonds is 5. The average molecular weight is 403 g/mol. The van der Waals surface area contributed by atoms with Crippen molar-refractivity contribution in [1.29, 1.82) is 0 Å². The van der Waals surface area contributed by atoms with Crippen molar-refractivity contribution in [2.45, 2.75) is 33.7 Å². The van der Waals surface area contributed by atoms with Crippen LogP contribution in [0.4, 0.5) is 0 Å². The summed E-state index contributed by atoms with van der Waals surface area (Å²) in [4.78, 5) is 23.6. The lowest BCUT2D eigenvalue weighted by atomic mass is 10.0. The minimum Gasteiger partial charge on any atom is -0.346 e. The number of benzene rings is 2. The Morgan fingerprint density at radius 2 is 1.77 bits per heavy atom. The van der Waals surface area contributed by atoms with Crippen LogP contribution in [0.25, 0.3) is 16.9 Å². The summed E-state index contributed by atoms with van der Waals surface area (Å²) in [5, 5.41) is 11.2. The lowest BCUT2D eigenvalue weighted by Gasteiger charge is -2.06. The molecule has 7 heteroatoms. The highest BCUT2D eigenvalue weighted by atomic mass is 16.2. The minimum atomic E-state index is -0.817. The molecular formula is C23H25N5O2. The number of aryl methyl sites for hydroxylation is 2. The molecule has 0 fully saturated rings. The van der Waals surface area contributed by atoms with Gasteiger partial charge in [0.2, 0.25) is 0 Å². The maximum absolute atomic E-state index is 11.9. The molecule has 3 rings (SSSR count). The van der Waals surface area contributed by atoms with Gasteiger partial charge in [-0.2, -0.15) is 10.2 Å². The van der Waals surface area contributed by atoms with Crippen LogP contribution in [0, 0.1) is 13.8 Å². The first-order chi connectivity index (χ1) is 14.3. The molecule has 0 saturated carbocycles. The zero-order valence-corrected chi connectivity index (χ0v) is 17.5. The highest BCUT2D eigenvalue weighted by Crippen LogP contribution is 2.24. The maximum atomic E-state index is 11.9. The van der Waals surface area contributed by atoms with Crippen LogP contribution in [0.1, 0.15) is 30.5 Å². The van der Waals surface area contributed by atoms with E-state index in [1.54, 1.807) is 18.5 Å². The van der Waals surface area contributed by atoms with E-state index in [1.165, 1.54) is 11.8 Å². The van der Waals surface area contributed by atoms with E-state index < -0.39 is 11.8 Å². The smallest absolute Gasteiger partial charge is 0.329 e. The third-order valence-corrected chi connectivity index (χ3v) is 4.54. The van der Waals surface area contributed by atoms with Gasteiger partial charge >= 0.3 is 11.8 Å². The number of hydrogen-bond acceptors (Lipinski definition) is 4. The van der Waals surface area contributed by atoms with Gasteiger partial charge in [0, 0.05) is 23.4 Å². The molecule has 1 aromatic heterocycles. The van der Waals surface area contributed by atoms with Crippen LogP contribution >= 0.6 is 0 Å². The van der Waals surface area contributed by atoms with E-state index in [1.807, 2.05) is 55.6 Å². The van der Waals surface area contributed by atoms with Crippen molar-refractivity contribution in [2.75, 3.05) is 0 Å². The number of aromatic nitrogens is 2. The molecule has 30 heavy (non-hydrogen) atoms. The first-order valence-electron chi connectivity index (χ1n) is 9.71. The van der Waals surface area contributed by atoms with Gasteiger partial charge in [0.25, 0.3) is 0 Å². The zero-order chi connectivity index (χ0) is 21.7. The Morgan fingerprint density at radius 1 is 1.03 bits per heavy atom. The first kappa shape index (κ1) is 21.0. The highest BCUT2D eigenvalue weighted by Gasteiger charge is 2.14. The lowest BCUT2D eigenvalue weighted by Crippen LogP contribution is -2.41. The summed E-state index contributed by atoms with van der Waals surface area (Å²) in [5.41, 5.74) is 7.91. The number of amides is 2. The molecule has 0 aliphatic carbocycles. The van der Waals surface area contributed by atoms with Gasteiger partial charge in [-0.3, -0.25) is 9.59 Å². The van der Waals surface area contributed by atoms with Gasteiger partial charge in [0.05, 0.1) is 11.9 Å². The van der Waals surface area contributed by atoms with Gasteiger partial charge < -0.3 is 5.32 Å². The summed E-state index contributed by atoms with van der Waals surface area (Å²) in [7, 11) is 0. The molecule has 154 valence electrons. The normalized spacial score (nSPS) is 11.1. The van der Waals surface area contributed by atoms with Crippen molar-refractivity contribution in [3.8, 4) is 16.9 Å². The molecular weight excluding hydrogens is 378 g/mol. The van der Waals surface area contributed by atoms with E-state index in [9.17, 15) is 9.59 Å². The molecule has 0 saturated heterocycles. The van der Waals surface area contributed by atoms with Crippen LogP contribution in [0.5, 0.6) is 0 Å². The van der Waals surface area contributed by atoms with Crippen LogP contribution in [0.3, 0.4) is 0 Å². The molecule has 2 aromatic carbocycles. The van der Waals surface area contributed by atoms with Gasteiger partial charge in [-0.25, -0.2) is 10.1 Å². The lowest BCUT2D eigenvalue weighted by molar-refractivity contribution is -0.139. The summed E-state index contributed by atoms with van der Waals surface area (Å²) in [6, 6.07) is 15.7. The van der Waals surface area contributed by atoms with Crippen molar-refractivity contribution >= 4 is 18.0 Å². The average Bonchev–Trinajstić information content (AvgIpc) is 3.14. The van der Waals surface area contributed by atoms with Crippen molar-refractivity contribution in [1.82, 2.24) is 20.5 Å². The number of nitrogens with one attached hydrogen (secondary N) is 2. The number of para-hydroxylation sites is 1. The van der Waals surface area contributed by atoms with Gasteiger partial charge in [-0.15, -0.1) is 0 Å². The van der Waals surface area contributed by atoms with Crippen LogP contribution in [0.2, 0.25) is 0 Å². The second-order valence-electron chi connectivity index (χ2n) is 7.34. The predicted molar refractivity (Wildman–Crippen MR) is 117 cm³/mol. The number of carbonyl (C=O) groups excluding carboxylic acids is 2. The van der Waals surface area contributed by atoms with E-state index >= 15 is 0 Å². The third-order valence-electron chi connectivity index (χ3n) is 4.54. The van der Waals surface area contributed by atoms with Crippen LogP contribution in [0.15, 0.2) is 59.8 Å². The van der Waals surface area contributed by atoms with Crippen LogP contribution < -0.4 is 10.7 Å². The fourth-order valence-corrected chi connectivity index (χ4v) is 2.85. The first-order valence-corrected chi connectivity index (χ1v) is 9.71. The van der Waals surface area contributed by atoms with Crippen LogP contribution in [-0.4, -0.2) is 33.9 Å². The molecule has 3 aromatic rings. The molecule has 0 radical (unpaired) electrons. The van der Waals surface area contributed by atoms with E-state index in [0.717, 1.165) is 22.5 Å². The Hall–Kier alpha value is -3.74. The zero-order valence-electron chi connectivity index (χ0n) is 17.5. The van der Waals surface area contributed by atoms with Gasteiger partial charge in [0.1, 0.15) is 5.69 Å². The summed E-state index contributed by atoms with van der Waals surface area (Å²) in [6.07, 6.45) is 3.33. The Bertz CT molecular complexity index is 1080. The SMILES string of the molecule is Cc1ccc(-c2nn(-c3ccccc3)cc2/C=N\NC(=O)C(=O)NC(C)C)cc1C. The largest absolute Gasteiger partial charge is 0.346 e. The fourth-order valence-electron chi connectivity index (χ4n) is 2.85. The second-order valence-corrected chi connectivity index (χ2v) is 7.34. The molecule has 2 amide bonds. The van der Waals surface area contributed by atoms with Crippen molar-refractivity contribution in [2.24, 2.45) is 5.10 Å². The molecule has 2 N–H and O–H groups in total. The summed E-state index contributed by atoms with van der Waals surface area (Å²) < 4.78 is 1.76. The quantitative estimate of drug-likeness (QED) is 0.390. The summed E-state index contributed by atoms with van der Waals surface area (Å²) in [6.45, 7) is 7.67. The molecule has 0 bridgehead atoms. The number of carbonyl (C=O) groups is 2. The topological polar surface area (TPSA) is 88.4 Å². The van der Waals surface area contributed by atoms with Crippen molar-refractivity contribution in [3.05, 3.63) is 71.4 Å². The molecule has 0 aliphatic heterocycles. The minimum absolute atomic E-state index is 0.132. The van der Waals surface area contributed by atoms with Gasteiger partial charge in [0.15, 0.2) is 0 Å². The summed E-state index contributed by atoms with van der Waals surface area (Å²) >= 11 is 0. The highest BCUT2D eigenvalue weighted by molar-refractivity contribution is 6.35. The molecule has 0 unspecified atom stereocenters. The molecule has 0 aliphatic rings. The van der Waals surface area contributed by atoms with Gasteiger partial charge in [-0.05, 0) is 57.0 Å². The molecule has 1 heterocycles. The van der Waals surface area contributed by atoms with E-state index in [2.05, 4.69) is 28.8 Å². The van der Waals surface area contributed by atoms with Crippen molar-refractivity contribution in [3.63, 3.8) is 0 Å². The van der Waals surface area contributed by atoms with E-state index in [-0.39, 0.29) is 6.04 Å². The van der Waals surface area contributed by atoms with E-state index in [0.29, 0.717) is 5.56 Å². The number of hydrogen-bond donors (Lipinski definition) is 2. The standard InChI is InChI=1S/C23H25N5O2/c1-15(2)25-22(29)23(30)26-24-13-19-14-28(20-8-6-5-7-9-20)27-21(19)18-11-10-16(3)17(4)12-18/h5-15H,1-4H3,(H,25,29)(H,26,30)/b24-13-. The Kier molecular flexibility index (Phi) is 6.41. The summed E-state index contributed by atoms with van der Waals surface area (Å²) in [5.74, 6) is -1.54. The Labute approximate surface area is 175 Å².